The average molecular weight is 361 g/mol. The van der Waals surface area contributed by atoms with Crippen LogP contribution >= 0.6 is 0 Å². The molecule has 4 saturated carbocycles. The predicted octanol–water partition coefficient (Wildman–Crippen LogP) is 5.12. The summed E-state index contributed by atoms with van der Waals surface area (Å²) in [5.41, 5.74) is 0.770. The summed E-state index contributed by atoms with van der Waals surface area (Å²) in [7, 11) is 0. The van der Waals surface area contributed by atoms with Crippen LogP contribution in [0.1, 0.15) is 85.5 Å². The maximum absolute atomic E-state index is 11.8. The largest absolute Gasteiger partial charge is 0.462 e. The molecule has 0 radical (unpaired) electrons. The smallest absolute Gasteiger partial charge is 0.302 e. The van der Waals surface area contributed by atoms with Crippen LogP contribution in [-0.4, -0.2) is 23.8 Å². The van der Waals surface area contributed by atoms with Gasteiger partial charge in [0.25, 0.3) is 0 Å². The first kappa shape index (κ1) is 17.5. The average Bonchev–Trinajstić information content (AvgIpc) is 3.27. The van der Waals surface area contributed by atoms with Crippen molar-refractivity contribution in [2.75, 3.05) is 0 Å². The lowest BCUT2D eigenvalue weighted by Gasteiger charge is -2.62. The molecule has 1 heterocycles. The van der Waals surface area contributed by atoms with Gasteiger partial charge in [-0.15, -0.1) is 0 Å². The maximum atomic E-state index is 11.8. The normalized spacial score (nSPS) is 57.4. The molecular weight excluding hydrogens is 324 g/mol. The molecule has 9 atom stereocenters. The second-order valence-corrected chi connectivity index (χ2v) is 10.6. The molecule has 3 unspecified atom stereocenters. The molecule has 1 saturated heterocycles. The highest BCUT2D eigenvalue weighted by Gasteiger charge is 2.76. The van der Waals surface area contributed by atoms with Crippen molar-refractivity contribution >= 4 is 5.97 Å². The second-order valence-electron chi connectivity index (χ2n) is 10.6. The molecule has 0 aromatic rings. The van der Waals surface area contributed by atoms with E-state index in [1.165, 1.54) is 51.4 Å². The maximum Gasteiger partial charge on any atom is 0.302 e. The van der Waals surface area contributed by atoms with E-state index in [9.17, 15) is 4.79 Å². The van der Waals surface area contributed by atoms with Gasteiger partial charge in [0.2, 0.25) is 0 Å². The highest BCUT2D eigenvalue weighted by atomic mass is 16.6. The summed E-state index contributed by atoms with van der Waals surface area (Å²) in [5, 5.41) is 0. The molecule has 5 rings (SSSR count). The van der Waals surface area contributed by atoms with Gasteiger partial charge in [-0.3, -0.25) is 4.79 Å². The van der Waals surface area contributed by atoms with Crippen LogP contribution in [0.25, 0.3) is 0 Å². The van der Waals surface area contributed by atoms with Gasteiger partial charge in [-0.1, -0.05) is 20.8 Å². The van der Waals surface area contributed by atoms with Gasteiger partial charge in [-0.2, -0.15) is 0 Å². The van der Waals surface area contributed by atoms with E-state index in [1.54, 1.807) is 6.92 Å². The van der Waals surface area contributed by atoms with Gasteiger partial charge in [0, 0.05) is 17.8 Å². The van der Waals surface area contributed by atoms with E-state index in [0.29, 0.717) is 11.5 Å². The molecular formula is C23H36O3. The number of carbonyl (C=O) groups is 1. The highest BCUT2D eigenvalue weighted by molar-refractivity contribution is 5.66. The monoisotopic (exact) mass is 360 g/mol. The molecule has 0 aromatic carbocycles. The molecule has 1 aliphatic heterocycles. The van der Waals surface area contributed by atoms with Crippen molar-refractivity contribution in [3.8, 4) is 0 Å². The van der Waals surface area contributed by atoms with Crippen molar-refractivity contribution in [2.45, 2.75) is 103 Å². The third kappa shape index (κ3) is 1.97. The third-order valence-corrected chi connectivity index (χ3v) is 10.2. The van der Waals surface area contributed by atoms with E-state index >= 15 is 0 Å². The van der Waals surface area contributed by atoms with Crippen LogP contribution in [0, 0.1) is 34.5 Å². The Labute approximate surface area is 158 Å². The summed E-state index contributed by atoms with van der Waals surface area (Å²) < 4.78 is 12.2. The highest BCUT2D eigenvalue weighted by Crippen LogP contribution is 2.74. The summed E-state index contributed by atoms with van der Waals surface area (Å²) in [6, 6.07) is 0. The topological polar surface area (TPSA) is 38.8 Å². The summed E-state index contributed by atoms with van der Waals surface area (Å²) >= 11 is 0. The van der Waals surface area contributed by atoms with Crippen molar-refractivity contribution in [2.24, 2.45) is 34.5 Å². The lowest BCUT2D eigenvalue weighted by molar-refractivity contribution is -0.193. The molecule has 5 aliphatic rings. The van der Waals surface area contributed by atoms with E-state index in [1.807, 2.05) is 0 Å². The number of fused-ring (bicyclic) bond motifs is 7. The summed E-state index contributed by atoms with van der Waals surface area (Å²) in [6.07, 6.45) is 12.1. The van der Waals surface area contributed by atoms with E-state index in [4.69, 9.17) is 9.47 Å². The molecule has 0 bridgehead atoms. The lowest BCUT2D eigenvalue weighted by Crippen LogP contribution is -2.59. The molecule has 3 nitrogen and oxygen atoms in total. The van der Waals surface area contributed by atoms with E-state index in [-0.39, 0.29) is 23.1 Å². The predicted molar refractivity (Wildman–Crippen MR) is 101 cm³/mol. The van der Waals surface area contributed by atoms with E-state index < -0.39 is 0 Å². The summed E-state index contributed by atoms with van der Waals surface area (Å²) in [4.78, 5) is 11.8. The Bertz CT molecular complexity index is 613. The summed E-state index contributed by atoms with van der Waals surface area (Å²) in [5.74, 6) is 3.03. The van der Waals surface area contributed by atoms with Gasteiger partial charge < -0.3 is 9.47 Å². The molecule has 0 N–H and O–H groups in total. The van der Waals surface area contributed by atoms with Gasteiger partial charge in [0.1, 0.15) is 11.7 Å². The van der Waals surface area contributed by atoms with Crippen LogP contribution in [0.4, 0.5) is 0 Å². The Balaban J connectivity index is 1.48. The number of epoxide rings is 1. The molecule has 26 heavy (non-hydrogen) atoms. The molecule has 0 aromatic heterocycles. The van der Waals surface area contributed by atoms with Crippen molar-refractivity contribution in [3.63, 3.8) is 0 Å². The van der Waals surface area contributed by atoms with E-state index in [0.717, 1.165) is 30.1 Å². The quantitative estimate of drug-likeness (QED) is 0.507. The van der Waals surface area contributed by atoms with Gasteiger partial charge >= 0.3 is 5.97 Å². The van der Waals surface area contributed by atoms with Gasteiger partial charge in [-0.25, -0.2) is 0 Å². The minimum absolute atomic E-state index is 0.0832. The first-order valence-corrected chi connectivity index (χ1v) is 11.2. The Morgan fingerprint density at radius 2 is 1.92 bits per heavy atom. The van der Waals surface area contributed by atoms with Crippen molar-refractivity contribution in [1.82, 2.24) is 0 Å². The zero-order valence-corrected chi connectivity index (χ0v) is 17.1. The minimum atomic E-state index is -0.0832. The number of carbonyl (C=O) groups excluding carboxylic acids is 1. The van der Waals surface area contributed by atoms with Gasteiger partial charge in [-0.05, 0) is 81.5 Å². The van der Waals surface area contributed by atoms with Crippen molar-refractivity contribution in [3.05, 3.63) is 0 Å². The van der Waals surface area contributed by atoms with Crippen LogP contribution in [0.3, 0.4) is 0 Å². The zero-order chi connectivity index (χ0) is 18.3. The summed E-state index contributed by atoms with van der Waals surface area (Å²) in [6.45, 7) is 8.96. The first-order valence-electron chi connectivity index (χ1n) is 11.2. The van der Waals surface area contributed by atoms with Crippen LogP contribution in [0.5, 0.6) is 0 Å². The lowest BCUT2D eigenvalue weighted by atomic mass is 9.44. The number of hydrogen-bond acceptors (Lipinski definition) is 3. The minimum Gasteiger partial charge on any atom is -0.462 e. The molecule has 3 heteroatoms. The molecule has 0 spiro atoms. The number of ether oxygens (including phenoxy) is 2. The van der Waals surface area contributed by atoms with Gasteiger partial charge in [0.15, 0.2) is 0 Å². The molecule has 0 amide bonds. The van der Waals surface area contributed by atoms with E-state index in [2.05, 4.69) is 20.8 Å². The molecule has 4 aliphatic carbocycles. The Morgan fingerprint density at radius 1 is 1.12 bits per heavy atom. The fraction of sp³-hybridized carbons (Fsp3) is 0.957. The van der Waals surface area contributed by atoms with Crippen LogP contribution < -0.4 is 0 Å². The van der Waals surface area contributed by atoms with Crippen LogP contribution in [0.15, 0.2) is 0 Å². The number of rotatable bonds is 2. The fourth-order valence-corrected chi connectivity index (χ4v) is 8.86. The zero-order valence-electron chi connectivity index (χ0n) is 17.1. The van der Waals surface area contributed by atoms with Crippen molar-refractivity contribution in [1.29, 1.82) is 0 Å². The number of esters is 1. The Morgan fingerprint density at radius 3 is 2.65 bits per heavy atom. The first-order chi connectivity index (χ1) is 12.4. The van der Waals surface area contributed by atoms with Crippen LogP contribution in [0.2, 0.25) is 0 Å². The fourth-order valence-electron chi connectivity index (χ4n) is 8.86. The second kappa shape index (κ2) is 5.49. The Hall–Kier alpha value is -0.570. The van der Waals surface area contributed by atoms with Gasteiger partial charge in [0.05, 0.1) is 6.10 Å². The Kier molecular flexibility index (Phi) is 3.70. The standard InChI is InChI=1S/C23H36O3/c1-5-23-20(26-23)13-18-16-10-9-15-7-6-8-19(25-14(2)24)22(15,4)17(16)11-12-21(18,23)3/h15-20H,5-13H2,1-4H3/t15?,16-,17+,18+,19?,20?,21+,22+,23-/m1/s1. The number of hydrogen-bond donors (Lipinski definition) is 0. The molecule has 5 fully saturated rings. The molecule has 146 valence electrons. The van der Waals surface area contributed by atoms with Crippen molar-refractivity contribution < 1.29 is 14.3 Å². The third-order valence-electron chi connectivity index (χ3n) is 10.2. The van der Waals surface area contributed by atoms with Crippen LogP contribution in [-0.2, 0) is 14.3 Å². The SMILES string of the molecule is CC[C@@]12OC1C[C@H]1[C@@H]3CCC4CCCC(OC(C)=O)[C@]4(C)[C@H]3CC[C@@]12C.